The van der Waals surface area contributed by atoms with Crippen molar-refractivity contribution in [2.45, 2.75) is 32.6 Å². The zero-order valence-corrected chi connectivity index (χ0v) is 18.9. The Morgan fingerprint density at radius 1 is 1.12 bits per heavy atom. The van der Waals surface area contributed by atoms with Gasteiger partial charge in [0.25, 0.3) is 5.91 Å². The molecule has 6 nitrogen and oxygen atoms in total. The monoisotopic (exact) mass is 450 g/mol. The van der Waals surface area contributed by atoms with Crippen molar-refractivity contribution >= 4 is 28.9 Å². The Hall–Kier alpha value is -3.19. The molecular weight excluding hydrogens is 424 g/mol. The van der Waals surface area contributed by atoms with E-state index in [1.807, 2.05) is 53.9 Å². The average molecular weight is 451 g/mol. The number of fused-ring (bicyclic) bond motifs is 1. The summed E-state index contributed by atoms with van der Waals surface area (Å²) >= 11 is 1.56. The third-order valence-corrected chi connectivity index (χ3v) is 6.16. The van der Waals surface area contributed by atoms with Gasteiger partial charge in [0.05, 0.1) is 18.0 Å². The first-order valence-electron chi connectivity index (χ1n) is 10.9. The lowest BCUT2D eigenvalue weighted by molar-refractivity contribution is -0.143. The number of anilines is 1. The maximum Gasteiger partial charge on any atom is 0.326 e. The Kier molecular flexibility index (Phi) is 7.17. The summed E-state index contributed by atoms with van der Waals surface area (Å²) in [6, 6.07) is 15.6. The molecule has 0 radical (unpaired) electrons. The van der Waals surface area contributed by atoms with Crippen LogP contribution >= 0.6 is 11.3 Å². The quantitative estimate of drug-likeness (QED) is 0.326. The predicted octanol–water partition coefficient (Wildman–Crippen LogP) is 5.33. The van der Waals surface area contributed by atoms with Crippen LogP contribution in [0.2, 0.25) is 0 Å². The second-order valence-electron chi connectivity index (χ2n) is 7.64. The highest BCUT2D eigenvalue weighted by Crippen LogP contribution is 2.37. The number of aromatic nitrogens is 1. The topological polar surface area (TPSA) is 68.7 Å². The standard InChI is InChI=1S/C25H26N2O4S/c1-2-3-4-8-13-30-24(29)15-27-21-14-19(11-12-22(21)31-16-23(27)28)20-17-32-25(26-20)18-9-6-5-7-10-18/h5-7,9-12,14,17H,2-4,8,13,15-16H2,1H3. The molecule has 32 heavy (non-hydrogen) atoms. The Labute approximate surface area is 191 Å². The van der Waals surface area contributed by atoms with Crippen LogP contribution in [0.15, 0.2) is 53.9 Å². The van der Waals surface area contributed by atoms with Gasteiger partial charge in [0.15, 0.2) is 6.61 Å². The van der Waals surface area contributed by atoms with Crippen molar-refractivity contribution in [3.63, 3.8) is 0 Å². The molecule has 0 saturated carbocycles. The molecule has 7 heteroatoms. The van der Waals surface area contributed by atoms with Gasteiger partial charge in [-0.3, -0.25) is 14.5 Å². The number of ether oxygens (including phenoxy) is 2. The Balaban J connectivity index is 1.50. The van der Waals surface area contributed by atoms with E-state index in [-0.39, 0.29) is 19.1 Å². The van der Waals surface area contributed by atoms with Gasteiger partial charge in [-0.2, -0.15) is 0 Å². The summed E-state index contributed by atoms with van der Waals surface area (Å²) in [7, 11) is 0. The van der Waals surface area contributed by atoms with Crippen molar-refractivity contribution in [3.05, 3.63) is 53.9 Å². The van der Waals surface area contributed by atoms with Gasteiger partial charge in [-0.25, -0.2) is 4.98 Å². The van der Waals surface area contributed by atoms with Crippen molar-refractivity contribution in [1.29, 1.82) is 0 Å². The van der Waals surface area contributed by atoms with Crippen LogP contribution in [0.1, 0.15) is 32.6 Å². The van der Waals surface area contributed by atoms with E-state index >= 15 is 0 Å². The van der Waals surface area contributed by atoms with Crippen LogP contribution in [0.3, 0.4) is 0 Å². The number of nitrogens with zero attached hydrogens (tertiary/aromatic N) is 2. The number of amides is 1. The van der Waals surface area contributed by atoms with E-state index in [9.17, 15) is 9.59 Å². The Bertz CT molecular complexity index is 1080. The van der Waals surface area contributed by atoms with Crippen molar-refractivity contribution in [2.75, 3.05) is 24.7 Å². The maximum absolute atomic E-state index is 12.5. The number of benzene rings is 2. The summed E-state index contributed by atoms with van der Waals surface area (Å²) in [6.07, 6.45) is 4.12. The van der Waals surface area contributed by atoms with Crippen molar-refractivity contribution in [1.82, 2.24) is 4.98 Å². The van der Waals surface area contributed by atoms with Crippen LogP contribution in [-0.2, 0) is 14.3 Å². The number of unbranched alkanes of at least 4 members (excludes halogenated alkanes) is 3. The van der Waals surface area contributed by atoms with Crippen LogP contribution < -0.4 is 9.64 Å². The highest BCUT2D eigenvalue weighted by Gasteiger charge is 2.28. The second kappa shape index (κ2) is 10.4. The SMILES string of the molecule is CCCCCCOC(=O)CN1C(=O)COc2ccc(-c3csc(-c4ccccc4)n3)cc21. The second-order valence-corrected chi connectivity index (χ2v) is 8.49. The number of hydrogen-bond acceptors (Lipinski definition) is 6. The van der Waals surface area contributed by atoms with Crippen LogP contribution in [0.4, 0.5) is 5.69 Å². The molecule has 0 unspecified atom stereocenters. The van der Waals surface area contributed by atoms with Gasteiger partial charge < -0.3 is 9.47 Å². The molecule has 0 N–H and O–H groups in total. The number of rotatable bonds is 9. The van der Waals surface area contributed by atoms with E-state index in [4.69, 9.17) is 14.5 Å². The molecule has 0 saturated heterocycles. The molecule has 1 aliphatic rings. The van der Waals surface area contributed by atoms with Gasteiger partial charge in [0.2, 0.25) is 0 Å². The lowest BCUT2D eigenvalue weighted by Crippen LogP contribution is -2.42. The minimum Gasteiger partial charge on any atom is -0.482 e. The molecule has 2 aromatic carbocycles. The van der Waals surface area contributed by atoms with Gasteiger partial charge in [-0.15, -0.1) is 11.3 Å². The Morgan fingerprint density at radius 3 is 2.78 bits per heavy atom. The molecule has 4 rings (SSSR count). The molecule has 2 heterocycles. The minimum atomic E-state index is -0.409. The largest absolute Gasteiger partial charge is 0.482 e. The summed E-state index contributed by atoms with van der Waals surface area (Å²) in [6.45, 7) is 2.30. The fourth-order valence-electron chi connectivity index (χ4n) is 3.54. The summed E-state index contributed by atoms with van der Waals surface area (Å²) in [5, 5.41) is 2.92. The molecule has 0 aliphatic carbocycles. The molecule has 166 valence electrons. The number of esters is 1. The number of carbonyl (C=O) groups is 2. The molecule has 0 bridgehead atoms. The first-order chi connectivity index (χ1) is 15.7. The van der Waals surface area contributed by atoms with E-state index in [1.165, 1.54) is 4.90 Å². The van der Waals surface area contributed by atoms with E-state index in [0.29, 0.717) is 18.0 Å². The summed E-state index contributed by atoms with van der Waals surface area (Å²) in [5.41, 5.74) is 3.30. The Morgan fingerprint density at radius 2 is 1.97 bits per heavy atom. The van der Waals surface area contributed by atoms with E-state index in [2.05, 4.69) is 6.92 Å². The molecule has 0 atom stereocenters. The first-order valence-corrected chi connectivity index (χ1v) is 11.8. The maximum atomic E-state index is 12.5. The predicted molar refractivity (Wildman–Crippen MR) is 126 cm³/mol. The van der Waals surface area contributed by atoms with E-state index in [0.717, 1.165) is 47.5 Å². The molecular formula is C25H26N2O4S. The van der Waals surface area contributed by atoms with E-state index in [1.54, 1.807) is 11.3 Å². The molecule has 0 fully saturated rings. The molecule has 1 aliphatic heterocycles. The third-order valence-electron chi connectivity index (χ3n) is 5.27. The summed E-state index contributed by atoms with van der Waals surface area (Å²) in [4.78, 5) is 31.1. The van der Waals surface area contributed by atoms with Gasteiger partial charge in [0, 0.05) is 16.5 Å². The fraction of sp³-hybridized carbons (Fsp3) is 0.320. The first kappa shape index (κ1) is 22.0. The average Bonchev–Trinajstić information content (AvgIpc) is 3.31. The number of thiazole rings is 1. The highest BCUT2D eigenvalue weighted by atomic mass is 32.1. The summed E-state index contributed by atoms with van der Waals surface area (Å²) < 4.78 is 10.9. The van der Waals surface area contributed by atoms with Gasteiger partial charge in [-0.1, -0.05) is 56.5 Å². The van der Waals surface area contributed by atoms with Gasteiger partial charge in [0.1, 0.15) is 17.3 Å². The van der Waals surface area contributed by atoms with Gasteiger partial charge >= 0.3 is 5.97 Å². The molecule has 1 aromatic heterocycles. The van der Waals surface area contributed by atoms with Crippen molar-refractivity contribution in [2.24, 2.45) is 0 Å². The molecule has 1 amide bonds. The number of carbonyl (C=O) groups excluding carboxylic acids is 2. The van der Waals surface area contributed by atoms with Crippen LogP contribution in [0, 0.1) is 0 Å². The highest BCUT2D eigenvalue weighted by molar-refractivity contribution is 7.13. The van der Waals surface area contributed by atoms with E-state index < -0.39 is 5.97 Å². The molecule has 3 aromatic rings. The minimum absolute atomic E-state index is 0.0923. The smallest absolute Gasteiger partial charge is 0.326 e. The van der Waals surface area contributed by atoms with Crippen LogP contribution in [-0.4, -0.2) is 36.6 Å². The zero-order valence-electron chi connectivity index (χ0n) is 18.1. The normalized spacial score (nSPS) is 12.9. The van der Waals surface area contributed by atoms with Crippen LogP contribution in [0.5, 0.6) is 5.75 Å². The van der Waals surface area contributed by atoms with Crippen molar-refractivity contribution < 1.29 is 19.1 Å². The van der Waals surface area contributed by atoms with Gasteiger partial charge in [-0.05, 0) is 24.6 Å². The van der Waals surface area contributed by atoms with Crippen molar-refractivity contribution in [3.8, 4) is 27.6 Å². The van der Waals surface area contributed by atoms with Crippen LogP contribution in [0.25, 0.3) is 21.8 Å². The lowest BCUT2D eigenvalue weighted by Gasteiger charge is -2.29. The lowest BCUT2D eigenvalue weighted by atomic mass is 10.1. The summed E-state index contributed by atoms with van der Waals surface area (Å²) in [5.74, 6) is -0.100. The zero-order chi connectivity index (χ0) is 22.3. The fourth-order valence-corrected chi connectivity index (χ4v) is 4.38. The molecule has 0 spiro atoms. The number of hydrogen-bond donors (Lipinski definition) is 0. The third kappa shape index (κ3) is 5.16.